The molecule has 0 bridgehead atoms. The van der Waals surface area contributed by atoms with E-state index in [0.29, 0.717) is 17.7 Å². The number of anilines is 1. The fourth-order valence-electron chi connectivity index (χ4n) is 4.07. The van der Waals surface area contributed by atoms with Crippen LogP contribution in [0.5, 0.6) is 0 Å². The Morgan fingerprint density at radius 2 is 2.22 bits per heavy atom. The summed E-state index contributed by atoms with van der Waals surface area (Å²) in [5.74, 6) is 2.85. The molecular weight excluding hydrogens is 358 g/mol. The summed E-state index contributed by atoms with van der Waals surface area (Å²) in [5.41, 5.74) is 7.59. The van der Waals surface area contributed by atoms with Crippen molar-refractivity contribution >= 4 is 29.1 Å². The maximum atomic E-state index is 11.3. The van der Waals surface area contributed by atoms with Crippen molar-refractivity contribution in [1.29, 1.82) is 5.41 Å². The number of fused-ring (bicyclic) bond motifs is 1. The molecule has 1 amide bonds. The number of rotatable bonds is 5. The summed E-state index contributed by atoms with van der Waals surface area (Å²) >= 11 is 1.89. The average Bonchev–Trinajstić information content (AvgIpc) is 3.06. The van der Waals surface area contributed by atoms with Crippen molar-refractivity contribution in [3.8, 4) is 0 Å². The predicted octanol–water partition coefficient (Wildman–Crippen LogP) is 4.17. The minimum atomic E-state index is -0.810. The van der Waals surface area contributed by atoms with E-state index in [1.165, 1.54) is 37.0 Å². The molecule has 0 aromatic heterocycles. The standard InChI is InChI=1S/C17H21N3O2.C4H6S/c1-20-15-7-10(11-4-2-9-6-13(9)11)3-5-12(15)16(18)14(8-21)17(19)22;1-2-4-5-3-1/h3,5,7-9,11,13,18,20-21H,2,4,6H2,1H3,(H2,19,22);1,3H,2,4H2/b14-8-,18-16?;/t9-,11?,13?;/m0./s1. The number of hydrogen-bond donors (Lipinski definition) is 4. The zero-order valence-corrected chi connectivity index (χ0v) is 16.4. The first-order valence-corrected chi connectivity index (χ1v) is 10.4. The van der Waals surface area contributed by atoms with Crippen LogP contribution in [0.1, 0.15) is 42.7 Å². The first kappa shape index (κ1) is 19.5. The minimum Gasteiger partial charge on any atom is -0.515 e. The molecule has 0 saturated heterocycles. The fraction of sp³-hybridized carbons (Fsp3) is 0.429. The number of primary amides is 1. The first-order chi connectivity index (χ1) is 13.1. The summed E-state index contributed by atoms with van der Waals surface area (Å²) in [6.45, 7) is 0. The highest BCUT2D eigenvalue weighted by Crippen LogP contribution is 2.59. The van der Waals surface area contributed by atoms with Crippen LogP contribution in [0.3, 0.4) is 0 Å². The Morgan fingerprint density at radius 3 is 2.67 bits per heavy atom. The molecule has 4 rings (SSSR count). The van der Waals surface area contributed by atoms with Gasteiger partial charge < -0.3 is 16.2 Å². The molecule has 1 aromatic rings. The summed E-state index contributed by atoms with van der Waals surface area (Å²) in [6, 6.07) is 5.93. The van der Waals surface area contributed by atoms with Crippen LogP contribution in [0.15, 0.2) is 41.5 Å². The molecule has 6 heteroatoms. The van der Waals surface area contributed by atoms with Gasteiger partial charge >= 0.3 is 0 Å². The van der Waals surface area contributed by atoms with Gasteiger partial charge in [0.2, 0.25) is 0 Å². The number of carbonyl (C=O) groups excluding carboxylic acids is 1. The maximum absolute atomic E-state index is 11.3. The second-order valence-corrected chi connectivity index (χ2v) is 8.23. The number of aliphatic hydroxyl groups is 1. The van der Waals surface area contributed by atoms with Crippen molar-refractivity contribution in [1.82, 2.24) is 0 Å². The van der Waals surface area contributed by atoms with Gasteiger partial charge in [0.25, 0.3) is 5.91 Å². The third-order valence-electron chi connectivity index (χ3n) is 5.61. The Hall–Kier alpha value is -2.21. The lowest BCUT2D eigenvalue weighted by Crippen LogP contribution is -2.21. The number of amides is 1. The number of nitrogens with one attached hydrogen (secondary N) is 2. The van der Waals surface area contributed by atoms with Gasteiger partial charge in [0.15, 0.2) is 0 Å². The van der Waals surface area contributed by atoms with Crippen LogP contribution in [0, 0.1) is 17.2 Å². The normalized spacial score (nSPS) is 25.4. The van der Waals surface area contributed by atoms with E-state index < -0.39 is 5.91 Å². The second-order valence-electron chi connectivity index (χ2n) is 7.21. The molecule has 0 spiro atoms. The quantitative estimate of drug-likeness (QED) is 0.347. The van der Waals surface area contributed by atoms with Crippen molar-refractivity contribution < 1.29 is 9.90 Å². The number of aliphatic hydroxyl groups excluding tert-OH is 1. The van der Waals surface area contributed by atoms with Crippen LogP contribution in [-0.2, 0) is 4.79 Å². The Morgan fingerprint density at radius 1 is 1.41 bits per heavy atom. The Labute approximate surface area is 164 Å². The van der Waals surface area contributed by atoms with E-state index >= 15 is 0 Å². The fourth-order valence-corrected chi connectivity index (χ4v) is 4.75. The van der Waals surface area contributed by atoms with Crippen molar-refractivity contribution in [2.24, 2.45) is 17.6 Å². The minimum absolute atomic E-state index is 0.0679. The van der Waals surface area contributed by atoms with Gasteiger partial charge in [0.05, 0.1) is 17.5 Å². The maximum Gasteiger partial charge on any atom is 0.254 e. The monoisotopic (exact) mass is 385 g/mol. The molecule has 2 aliphatic carbocycles. The lowest BCUT2D eigenvalue weighted by Gasteiger charge is -2.17. The Kier molecular flexibility index (Phi) is 6.26. The van der Waals surface area contributed by atoms with Crippen LogP contribution < -0.4 is 11.1 Å². The Balaban J connectivity index is 0.000000364. The number of thioether (sulfide) groups is 1. The van der Waals surface area contributed by atoms with Gasteiger partial charge in [-0.2, -0.15) is 0 Å². The van der Waals surface area contributed by atoms with Crippen molar-refractivity contribution in [3.05, 3.63) is 52.6 Å². The highest BCUT2D eigenvalue weighted by molar-refractivity contribution is 8.02. The van der Waals surface area contributed by atoms with Gasteiger partial charge in [-0.25, -0.2) is 0 Å². The molecule has 2 saturated carbocycles. The van der Waals surface area contributed by atoms with Crippen LogP contribution in [0.4, 0.5) is 5.69 Å². The van der Waals surface area contributed by atoms with Gasteiger partial charge in [-0.1, -0.05) is 18.2 Å². The zero-order chi connectivity index (χ0) is 19.4. The molecule has 5 nitrogen and oxygen atoms in total. The molecular formula is C21H27N3O2S. The number of nitrogens with two attached hydrogens (primary N) is 1. The molecule has 144 valence electrons. The number of benzene rings is 1. The lowest BCUT2D eigenvalue weighted by molar-refractivity contribution is -0.114. The molecule has 3 aliphatic rings. The van der Waals surface area contributed by atoms with E-state index in [1.54, 1.807) is 7.05 Å². The van der Waals surface area contributed by atoms with Crippen LogP contribution in [0.25, 0.3) is 0 Å². The van der Waals surface area contributed by atoms with Gasteiger partial charge in [-0.15, -0.1) is 11.8 Å². The SMILES string of the molecule is C1=CSCC1.CNc1cc(C2CC[C@H]3CC23)ccc1C(=N)/C(=C/O)C(N)=O. The third kappa shape index (κ3) is 4.38. The van der Waals surface area contributed by atoms with E-state index in [-0.39, 0.29) is 11.3 Å². The molecule has 2 fully saturated rings. The van der Waals surface area contributed by atoms with Crippen LogP contribution >= 0.6 is 11.8 Å². The molecule has 3 atom stereocenters. The highest BCUT2D eigenvalue weighted by atomic mass is 32.2. The first-order valence-electron chi connectivity index (χ1n) is 9.38. The van der Waals surface area contributed by atoms with E-state index in [4.69, 9.17) is 16.2 Å². The molecule has 5 N–H and O–H groups in total. The molecule has 27 heavy (non-hydrogen) atoms. The predicted molar refractivity (Wildman–Crippen MR) is 113 cm³/mol. The summed E-state index contributed by atoms with van der Waals surface area (Å²) in [7, 11) is 1.79. The van der Waals surface area contributed by atoms with Gasteiger partial charge in [-0.3, -0.25) is 10.2 Å². The molecule has 1 aliphatic heterocycles. The Bertz CT molecular complexity index is 782. The third-order valence-corrected chi connectivity index (χ3v) is 6.47. The van der Waals surface area contributed by atoms with Crippen molar-refractivity contribution in [3.63, 3.8) is 0 Å². The van der Waals surface area contributed by atoms with Crippen molar-refractivity contribution in [2.45, 2.75) is 31.6 Å². The number of hydrogen-bond acceptors (Lipinski definition) is 5. The van der Waals surface area contributed by atoms with Crippen LogP contribution in [-0.4, -0.2) is 29.5 Å². The van der Waals surface area contributed by atoms with E-state index in [9.17, 15) is 4.79 Å². The number of allylic oxidation sites excluding steroid dienone is 1. The molecule has 2 unspecified atom stereocenters. The second kappa shape index (κ2) is 8.65. The topological polar surface area (TPSA) is 99.2 Å². The van der Waals surface area contributed by atoms with E-state index in [1.807, 2.05) is 23.9 Å². The highest BCUT2D eigenvalue weighted by Gasteiger charge is 2.48. The summed E-state index contributed by atoms with van der Waals surface area (Å²) in [5, 5.41) is 22.5. The largest absolute Gasteiger partial charge is 0.515 e. The summed E-state index contributed by atoms with van der Waals surface area (Å²) < 4.78 is 0. The summed E-state index contributed by atoms with van der Waals surface area (Å²) in [6.07, 6.45) is 7.98. The van der Waals surface area contributed by atoms with E-state index in [2.05, 4.69) is 22.9 Å². The van der Waals surface area contributed by atoms with E-state index in [0.717, 1.165) is 17.5 Å². The van der Waals surface area contributed by atoms with Crippen molar-refractivity contribution in [2.75, 3.05) is 18.1 Å². The van der Waals surface area contributed by atoms with Gasteiger partial charge in [-0.05, 0) is 60.5 Å². The number of carbonyl (C=O) groups is 1. The molecule has 1 aromatic carbocycles. The van der Waals surface area contributed by atoms with Crippen LogP contribution in [0.2, 0.25) is 0 Å². The van der Waals surface area contributed by atoms with Gasteiger partial charge in [0.1, 0.15) is 0 Å². The van der Waals surface area contributed by atoms with Gasteiger partial charge in [0, 0.05) is 24.1 Å². The summed E-state index contributed by atoms with van der Waals surface area (Å²) in [4.78, 5) is 11.3. The molecule has 0 radical (unpaired) electrons. The average molecular weight is 386 g/mol. The smallest absolute Gasteiger partial charge is 0.254 e. The lowest BCUT2D eigenvalue weighted by atomic mass is 9.91. The molecule has 1 heterocycles. The zero-order valence-electron chi connectivity index (χ0n) is 15.6.